The Morgan fingerprint density at radius 2 is 2.11 bits per heavy atom. The Kier molecular flexibility index (Phi) is 3.58. The van der Waals surface area contributed by atoms with Gasteiger partial charge in [0.1, 0.15) is 22.9 Å². The smallest absolute Gasteiger partial charge is 0.185 e. The Labute approximate surface area is 109 Å². The number of Topliss-reactive ketones (excluding diaryl/α,β-unsaturated/α-hetero) is 1. The van der Waals surface area contributed by atoms with E-state index in [2.05, 4.69) is 9.97 Å². The van der Waals surface area contributed by atoms with Crippen molar-refractivity contribution < 1.29 is 9.90 Å². The molecule has 2 rings (SSSR count). The average Bonchev–Trinajstić information content (AvgIpc) is 2.32. The number of aromatic nitrogens is 2. The number of aromatic hydroxyl groups is 1. The molecule has 18 heavy (non-hydrogen) atoms. The second-order valence-corrected chi connectivity index (χ2v) is 4.32. The molecule has 1 aromatic carbocycles. The van der Waals surface area contributed by atoms with Crippen LogP contribution in [0.3, 0.4) is 0 Å². The van der Waals surface area contributed by atoms with Gasteiger partial charge in [-0.2, -0.15) is 0 Å². The van der Waals surface area contributed by atoms with Crippen molar-refractivity contribution in [3.8, 4) is 5.75 Å². The minimum Gasteiger partial charge on any atom is -0.508 e. The second kappa shape index (κ2) is 5.14. The number of ketones is 1. The van der Waals surface area contributed by atoms with Gasteiger partial charge in [-0.3, -0.25) is 4.79 Å². The van der Waals surface area contributed by atoms with Crippen LogP contribution in [0.4, 0.5) is 0 Å². The Balaban J connectivity index is 2.21. The molecule has 0 aliphatic carbocycles. The lowest BCUT2D eigenvalue weighted by molar-refractivity contribution is 0.0988. The Morgan fingerprint density at radius 3 is 2.78 bits per heavy atom. The summed E-state index contributed by atoms with van der Waals surface area (Å²) in [6, 6.07) is 6.35. The maximum absolute atomic E-state index is 12.0. The molecule has 0 unspecified atom stereocenters. The predicted molar refractivity (Wildman–Crippen MR) is 67.9 cm³/mol. The summed E-state index contributed by atoms with van der Waals surface area (Å²) in [7, 11) is 0. The summed E-state index contributed by atoms with van der Waals surface area (Å²) >= 11 is 5.71. The first-order valence-corrected chi connectivity index (χ1v) is 5.73. The van der Waals surface area contributed by atoms with Crippen LogP contribution in [0, 0.1) is 6.92 Å². The molecule has 1 N–H and O–H groups in total. The van der Waals surface area contributed by atoms with Crippen LogP contribution >= 0.6 is 11.6 Å². The van der Waals surface area contributed by atoms with Crippen LogP contribution in [0.1, 0.15) is 21.6 Å². The van der Waals surface area contributed by atoms with E-state index < -0.39 is 0 Å². The standard InChI is InChI=1S/C13H11ClN2O2/c1-8-4-10(17)3-2-9(8)5-12(18)11-6-13(14)16-7-15-11/h2-4,6-7,17H,5H2,1H3. The van der Waals surface area contributed by atoms with E-state index in [1.165, 1.54) is 12.4 Å². The molecule has 0 aliphatic rings. The van der Waals surface area contributed by atoms with E-state index >= 15 is 0 Å². The zero-order valence-electron chi connectivity index (χ0n) is 9.72. The Hall–Kier alpha value is -1.94. The first kappa shape index (κ1) is 12.5. The highest BCUT2D eigenvalue weighted by Gasteiger charge is 2.11. The zero-order valence-corrected chi connectivity index (χ0v) is 10.5. The molecule has 0 bridgehead atoms. The molecule has 4 nitrogen and oxygen atoms in total. The van der Waals surface area contributed by atoms with Gasteiger partial charge in [0.25, 0.3) is 0 Å². The molecule has 92 valence electrons. The number of nitrogens with zero attached hydrogens (tertiary/aromatic N) is 2. The van der Waals surface area contributed by atoms with Gasteiger partial charge in [-0.25, -0.2) is 9.97 Å². The molecular formula is C13H11ClN2O2. The van der Waals surface area contributed by atoms with Crippen LogP contribution in [0.15, 0.2) is 30.6 Å². The monoisotopic (exact) mass is 262 g/mol. The Bertz CT molecular complexity index is 599. The number of carbonyl (C=O) groups is 1. The number of benzene rings is 1. The summed E-state index contributed by atoms with van der Waals surface area (Å²) in [5.41, 5.74) is 2.01. The van der Waals surface area contributed by atoms with Gasteiger partial charge in [0.15, 0.2) is 5.78 Å². The largest absolute Gasteiger partial charge is 0.508 e. The van der Waals surface area contributed by atoms with Gasteiger partial charge in [0.05, 0.1) is 0 Å². The summed E-state index contributed by atoms with van der Waals surface area (Å²) in [5.74, 6) is 0.0573. The van der Waals surface area contributed by atoms with Crippen molar-refractivity contribution in [3.63, 3.8) is 0 Å². The number of halogens is 1. The van der Waals surface area contributed by atoms with E-state index in [0.717, 1.165) is 11.1 Å². The van der Waals surface area contributed by atoms with Crippen molar-refractivity contribution in [2.45, 2.75) is 13.3 Å². The molecule has 5 heteroatoms. The number of hydrogen-bond acceptors (Lipinski definition) is 4. The lowest BCUT2D eigenvalue weighted by atomic mass is 10.0. The molecule has 0 fully saturated rings. The van der Waals surface area contributed by atoms with Crippen molar-refractivity contribution in [3.05, 3.63) is 52.6 Å². The molecule has 1 aromatic heterocycles. The number of phenols is 1. The van der Waals surface area contributed by atoms with Gasteiger partial charge < -0.3 is 5.11 Å². The lowest BCUT2D eigenvalue weighted by Gasteiger charge is -2.05. The quantitative estimate of drug-likeness (QED) is 0.682. The summed E-state index contributed by atoms with van der Waals surface area (Å²) in [6.07, 6.45) is 1.48. The van der Waals surface area contributed by atoms with Gasteiger partial charge in [-0.15, -0.1) is 0 Å². The number of rotatable bonds is 3. The fourth-order valence-corrected chi connectivity index (χ4v) is 1.77. The summed E-state index contributed by atoms with van der Waals surface area (Å²) < 4.78 is 0. The molecule has 0 amide bonds. The number of phenolic OH excluding ortho intramolecular Hbond substituents is 1. The van der Waals surface area contributed by atoms with Gasteiger partial charge in [-0.05, 0) is 30.2 Å². The molecule has 0 atom stereocenters. The summed E-state index contributed by atoms with van der Waals surface area (Å²) in [4.78, 5) is 19.6. The fraction of sp³-hybridized carbons (Fsp3) is 0.154. The van der Waals surface area contributed by atoms with Gasteiger partial charge in [-0.1, -0.05) is 17.7 Å². The summed E-state index contributed by atoms with van der Waals surface area (Å²) in [5, 5.41) is 9.55. The first-order chi connectivity index (χ1) is 8.56. The molecule has 0 saturated heterocycles. The molecule has 0 aliphatic heterocycles. The lowest BCUT2D eigenvalue weighted by Crippen LogP contribution is -2.07. The van der Waals surface area contributed by atoms with E-state index in [0.29, 0.717) is 5.69 Å². The van der Waals surface area contributed by atoms with Crippen molar-refractivity contribution in [1.82, 2.24) is 9.97 Å². The molecule has 0 spiro atoms. The van der Waals surface area contributed by atoms with Gasteiger partial charge >= 0.3 is 0 Å². The van der Waals surface area contributed by atoms with Crippen LogP contribution in [0.2, 0.25) is 5.15 Å². The third kappa shape index (κ3) is 2.84. The third-order valence-electron chi connectivity index (χ3n) is 2.60. The van der Waals surface area contributed by atoms with E-state index in [1.54, 1.807) is 18.2 Å². The van der Waals surface area contributed by atoms with Crippen LogP contribution in [-0.4, -0.2) is 20.9 Å². The topological polar surface area (TPSA) is 63.1 Å². The van der Waals surface area contributed by atoms with Crippen molar-refractivity contribution >= 4 is 17.4 Å². The van der Waals surface area contributed by atoms with E-state index in [4.69, 9.17) is 11.6 Å². The van der Waals surface area contributed by atoms with E-state index in [-0.39, 0.29) is 23.1 Å². The molecule has 1 heterocycles. The van der Waals surface area contributed by atoms with Gasteiger partial charge in [0.2, 0.25) is 0 Å². The normalized spacial score (nSPS) is 10.3. The number of hydrogen-bond donors (Lipinski definition) is 1. The van der Waals surface area contributed by atoms with E-state index in [9.17, 15) is 9.90 Å². The van der Waals surface area contributed by atoms with Crippen LogP contribution < -0.4 is 0 Å². The predicted octanol–water partition coefficient (Wildman–Crippen LogP) is 2.57. The summed E-state index contributed by atoms with van der Waals surface area (Å²) in [6.45, 7) is 1.84. The number of aryl methyl sites for hydroxylation is 1. The minimum absolute atomic E-state index is 0.131. The maximum atomic E-state index is 12.0. The molecule has 2 aromatic rings. The molecular weight excluding hydrogens is 252 g/mol. The van der Waals surface area contributed by atoms with Crippen LogP contribution in [-0.2, 0) is 6.42 Å². The van der Waals surface area contributed by atoms with Gasteiger partial charge in [0, 0.05) is 12.5 Å². The van der Waals surface area contributed by atoms with Crippen molar-refractivity contribution in [1.29, 1.82) is 0 Å². The zero-order chi connectivity index (χ0) is 13.1. The minimum atomic E-state index is -0.131. The Morgan fingerprint density at radius 1 is 1.33 bits per heavy atom. The average molecular weight is 263 g/mol. The highest BCUT2D eigenvalue weighted by atomic mass is 35.5. The van der Waals surface area contributed by atoms with Crippen LogP contribution in [0.5, 0.6) is 5.75 Å². The maximum Gasteiger partial charge on any atom is 0.185 e. The number of carbonyl (C=O) groups excluding carboxylic acids is 1. The molecule has 0 radical (unpaired) electrons. The highest BCUT2D eigenvalue weighted by molar-refractivity contribution is 6.29. The van der Waals surface area contributed by atoms with Crippen molar-refractivity contribution in [2.24, 2.45) is 0 Å². The second-order valence-electron chi connectivity index (χ2n) is 3.94. The highest BCUT2D eigenvalue weighted by Crippen LogP contribution is 2.17. The molecule has 0 saturated carbocycles. The first-order valence-electron chi connectivity index (χ1n) is 5.35. The third-order valence-corrected chi connectivity index (χ3v) is 2.80. The van der Waals surface area contributed by atoms with Crippen molar-refractivity contribution in [2.75, 3.05) is 0 Å². The van der Waals surface area contributed by atoms with Crippen LogP contribution in [0.25, 0.3) is 0 Å². The van der Waals surface area contributed by atoms with E-state index in [1.807, 2.05) is 6.92 Å². The SMILES string of the molecule is Cc1cc(O)ccc1CC(=O)c1cc(Cl)ncn1. The fourth-order valence-electron chi connectivity index (χ4n) is 1.63.